The monoisotopic (exact) mass is 383 g/mol. The van der Waals surface area contributed by atoms with E-state index in [1.165, 1.54) is 0 Å². The van der Waals surface area contributed by atoms with Gasteiger partial charge in [0, 0.05) is 35.8 Å². The quantitative estimate of drug-likeness (QED) is 0.743. The van der Waals surface area contributed by atoms with E-state index in [2.05, 4.69) is 20.0 Å². The zero-order valence-electron chi connectivity index (χ0n) is 14.5. The van der Waals surface area contributed by atoms with E-state index in [0.29, 0.717) is 42.7 Å². The third-order valence-corrected chi connectivity index (χ3v) is 4.96. The lowest BCUT2D eigenvalue weighted by atomic mass is 9.96. The third-order valence-electron chi connectivity index (χ3n) is 4.72. The lowest BCUT2D eigenvalue weighted by Crippen LogP contribution is -2.39. The predicted molar refractivity (Wildman–Crippen MR) is 102 cm³/mol. The second-order valence-electron chi connectivity index (χ2n) is 6.47. The summed E-state index contributed by atoms with van der Waals surface area (Å²) in [7, 11) is 0. The number of carbonyl (C=O) groups excluding carboxylic acids is 1. The van der Waals surface area contributed by atoms with E-state index in [1.54, 1.807) is 18.3 Å². The molecule has 138 valence electrons. The molecule has 3 aromatic rings. The van der Waals surface area contributed by atoms with Gasteiger partial charge < -0.3 is 15.2 Å². The van der Waals surface area contributed by atoms with E-state index in [0.717, 1.165) is 16.9 Å². The second kappa shape index (κ2) is 7.36. The normalized spacial score (nSPS) is 15.1. The molecule has 1 amide bonds. The number of primary amides is 1. The predicted octanol–water partition coefficient (Wildman–Crippen LogP) is 3.15. The maximum Gasteiger partial charge on any atom is 0.261 e. The number of piperidine rings is 1. The zero-order chi connectivity index (χ0) is 18.8. The Balaban J connectivity index is 1.62. The first kappa shape index (κ1) is 17.5. The topological polar surface area (TPSA) is 98.1 Å². The van der Waals surface area contributed by atoms with Crippen LogP contribution in [-0.4, -0.2) is 34.1 Å². The number of hydrogen-bond donors (Lipinski definition) is 1. The fourth-order valence-electron chi connectivity index (χ4n) is 3.27. The molecule has 0 spiro atoms. The molecule has 0 bridgehead atoms. The number of hydrogen-bond acceptors (Lipinski definition) is 6. The molecule has 4 rings (SSSR count). The Kier molecular flexibility index (Phi) is 4.77. The first-order valence-corrected chi connectivity index (χ1v) is 9.09. The van der Waals surface area contributed by atoms with E-state index in [9.17, 15) is 4.79 Å². The van der Waals surface area contributed by atoms with Crippen molar-refractivity contribution in [2.45, 2.75) is 12.8 Å². The van der Waals surface area contributed by atoms with Crippen molar-refractivity contribution in [2.75, 3.05) is 18.0 Å². The van der Waals surface area contributed by atoms with Crippen LogP contribution in [0.15, 0.2) is 47.1 Å². The van der Waals surface area contributed by atoms with Crippen molar-refractivity contribution < 1.29 is 9.32 Å². The summed E-state index contributed by atoms with van der Waals surface area (Å²) in [5.74, 6) is 1.31. The summed E-state index contributed by atoms with van der Waals surface area (Å²) in [6, 6.07) is 11.0. The summed E-state index contributed by atoms with van der Waals surface area (Å²) in [6.45, 7) is 1.40. The molecule has 3 heterocycles. The van der Waals surface area contributed by atoms with Gasteiger partial charge in [0.25, 0.3) is 5.89 Å². The fraction of sp³-hybridized carbons (Fsp3) is 0.263. The molecule has 1 aliphatic heterocycles. The number of halogens is 1. The highest BCUT2D eigenvalue weighted by Gasteiger charge is 2.26. The summed E-state index contributed by atoms with van der Waals surface area (Å²) in [4.78, 5) is 22.5. The van der Waals surface area contributed by atoms with Crippen molar-refractivity contribution in [1.82, 2.24) is 15.1 Å². The van der Waals surface area contributed by atoms with Gasteiger partial charge in [-0.15, -0.1) is 0 Å². The Morgan fingerprint density at radius 2 is 2.04 bits per heavy atom. The summed E-state index contributed by atoms with van der Waals surface area (Å²) in [5, 5.41) is 4.68. The van der Waals surface area contributed by atoms with E-state index >= 15 is 0 Å². The first-order valence-electron chi connectivity index (χ1n) is 8.71. The molecule has 27 heavy (non-hydrogen) atoms. The van der Waals surface area contributed by atoms with Crippen LogP contribution in [0.3, 0.4) is 0 Å². The van der Waals surface area contributed by atoms with Gasteiger partial charge >= 0.3 is 0 Å². The number of benzene rings is 1. The minimum Gasteiger partial charge on any atom is -0.369 e. The Bertz CT molecular complexity index is 966. The Labute approximate surface area is 161 Å². The van der Waals surface area contributed by atoms with E-state index in [4.69, 9.17) is 21.9 Å². The van der Waals surface area contributed by atoms with Crippen molar-refractivity contribution in [1.29, 1.82) is 0 Å². The van der Waals surface area contributed by atoms with Gasteiger partial charge in [-0.05, 0) is 37.1 Å². The number of rotatable bonds is 4. The largest absolute Gasteiger partial charge is 0.369 e. The van der Waals surface area contributed by atoms with Crippen LogP contribution in [0, 0.1) is 5.92 Å². The smallest absolute Gasteiger partial charge is 0.261 e. The van der Waals surface area contributed by atoms with Gasteiger partial charge in [-0.25, -0.2) is 4.98 Å². The molecule has 1 fully saturated rings. The molecule has 0 unspecified atom stereocenters. The molecule has 2 aromatic heterocycles. The minimum atomic E-state index is -0.237. The number of amides is 1. The lowest BCUT2D eigenvalue weighted by molar-refractivity contribution is -0.122. The Hall–Kier alpha value is -2.93. The molecule has 1 aromatic carbocycles. The van der Waals surface area contributed by atoms with Crippen molar-refractivity contribution >= 4 is 23.3 Å². The molecule has 0 aliphatic carbocycles. The molecular weight excluding hydrogens is 366 g/mol. The van der Waals surface area contributed by atoms with Crippen LogP contribution in [0.1, 0.15) is 12.8 Å². The summed E-state index contributed by atoms with van der Waals surface area (Å²) in [5.41, 5.74) is 6.97. The molecule has 7 nitrogen and oxygen atoms in total. The van der Waals surface area contributed by atoms with Crippen molar-refractivity contribution in [3.8, 4) is 22.8 Å². The van der Waals surface area contributed by atoms with Gasteiger partial charge in [0.1, 0.15) is 5.82 Å². The highest BCUT2D eigenvalue weighted by molar-refractivity contribution is 6.30. The Morgan fingerprint density at radius 3 is 2.78 bits per heavy atom. The van der Waals surface area contributed by atoms with E-state index in [1.807, 2.05) is 24.3 Å². The molecule has 0 radical (unpaired) electrons. The van der Waals surface area contributed by atoms with Crippen molar-refractivity contribution in [3.63, 3.8) is 0 Å². The zero-order valence-corrected chi connectivity index (χ0v) is 15.3. The third kappa shape index (κ3) is 3.64. The first-order chi connectivity index (χ1) is 13.1. The molecule has 8 heteroatoms. The van der Waals surface area contributed by atoms with Crippen LogP contribution in [-0.2, 0) is 4.79 Å². The average molecular weight is 384 g/mol. The van der Waals surface area contributed by atoms with Gasteiger partial charge in [0.2, 0.25) is 11.7 Å². The second-order valence-corrected chi connectivity index (χ2v) is 6.91. The van der Waals surface area contributed by atoms with Crippen molar-refractivity contribution in [2.24, 2.45) is 11.7 Å². The number of carbonyl (C=O) groups is 1. The number of nitrogens with two attached hydrogens (primary N) is 1. The van der Waals surface area contributed by atoms with Crippen LogP contribution in [0.2, 0.25) is 5.02 Å². The molecular formula is C19H18ClN5O2. The van der Waals surface area contributed by atoms with Crippen LogP contribution in [0.4, 0.5) is 5.82 Å². The maximum atomic E-state index is 11.4. The molecule has 1 aliphatic rings. The standard InChI is InChI=1S/C19H18ClN5O2/c20-14-4-1-3-13(11-14)17-23-19(27-24-17)15-5-2-8-22-18(15)25-9-6-12(7-10-25)16(21)26/h1-5,8,11-12H,6-7,9-10H2,(H2,21,26). The van der Waals surface area contributed by atoms with Gasteiger partial charge in [0.05, 0.1) is 5.56 Å². The number of anilines is 1. The van der Waals surface area contributed by atoms with Gasteiger partial charge in [-0.2, -0.15) is 4.98 Å². The van der Waals surface area contributed by atoms with Crippen LogP contribution < -0.4 is 10.6 Å². The van der Waals surface area contributed by atoms with Crippen LogP contribution >= 0.6 is 11.6 Å². The number of pyridine rings is 1. The van der Waals surface area contributed by atoms with Gasteiger partial charge in [0.15, 0.2) is 0 Å². The molecule has 1 saturated heterocycles. The van der Waals surface area contributed by atoms with Gasteiger partial charge in [-0.3, -0.25) is 4.79 Å². The summed E-state index contributed by atoms with van der Waals surface area (Å²) < 4.78 is 5.49. The van der Waals surface area contributed by atoms with Crippen molar-refractivity contribution in [3.05, 3.63) is 47.6 Å². The van der Waals surface area contributed by atoms with Crippen LogP contribution in [0.25, 0.3) is 22.8 Å². The van der Waals surface area contributed by atoms with E-state index in [-0.39, 0.29) is 11.8 Å². The number of aromatic nitrogens is 3. The highest BCUT2D eigenvalue weighted by atomic mass is 35.5. The van der Waals surface area contributed by atoms with Gasteiger partial charge in [-0.1, -0.05) is 28.9 Å². The lowest BCUT2D eigenvalue weighted by Gasteiger charge is -2.32. The fourth-order valence-corrected chi connectivity index (χ4v) is 3.46. The van der Waals surface area contributed by atoms with E-state index < -0.39 is 0 Å². The SMILES string of the molecule is NC(=O)C1CCN(c2ncccc2-c2nc(-c3cccc(Cl)c3)no2)CC1. The maximum absolute atomic E-state index is 11.4. The highest BCUT2D eigenvalue weighted by Crippen LogP contribution is 2.32. The summed E-state index contributed by atoms with van der Waals surface area (Å²) in [6.07, 6.45) is 3.15. The van der Waals surface area contributed by atoms with Crippen LogP contribution in [0.5, 0.6) is 0 Å². The number of nitrogens with zero attached hydrogens (tertiary/aromatic N) is 4. The molecule has 2 N–H and O–H groups in total. The average Bonchev–Trinajstić information content (AvgIpc) is 3.18. The Morgan fingerprint density at radius 1 is 1.22 bits per heavy atom. The molecule has 0 saturated carbocycles. The molecule has 0 atom stereocenters. The summed E-state index contributed by atoms with van der Waals surface area (Å²) >= 11 is 6.04. The minimum absolute atomic E-state index is 0.0775.